The Morgan fingerprint density at radius 2 is 0.906 bits per heavy atom. The van der Waals surface area contributed by atoms with Gasteiger partial charge < -0.3 is 99.3 Å². The van der Waals surface area contributed by atoms with Crippen LogP contribution in [0.4, 0.5) is 87.7 Å². The van der Waals surface area contributed by atoms with Crippen molar-refractivity contribution in [1.82, 2.24) is 29.5 Å². The number of aromatic amines is 1. The number of nitro groups is 4. The van der Waals surface area contributed by atoms with Gasteiger partial charge in [0.05, 0.1) is 71.3 Å². The van der Waals surface area contributed by atoms with Crippen LogP contribution >= 0.6 is 45.3 Å². The number of hydrogen-bond acceptors (Lipinski definition) is 47. The third-order valence-corrected chi connectivity index (χ3v) is 18.3. The number of carbonyl (C=O) groups is 2. The molecular weight excluding hydrogens is 1960 g/mol. The summed E-state index contributed by atoms with van der Waals surface area (Å²) >= 11 is 3.17. The molecule has 0 fully saturated rings. The third-order valence-electron chi connectivity index (χ3n) is 14.9. The topological polar surface area (TPSA) is 930 Å². The molecule has 6 aromatic heterocycles. The number of aryl methyl sites for hydroxylation is 3. The Morgan fingerprint density at radius 3 is 1.27 bits per heavy atom. The first-order chi connectivity index (χ1) is 65.2. The van der Waals surface area contributed by atoms with Crippen molar-refractivity contribution in [3.63, 3.8) is 0 Å². The summed E-state index contributed by atoms with van der Waals surface area (Å²) in [4.78, 5) is 78.6. The first-order valence-corrected chi connectivity index (χ1v) is 40.1. The van der Waals surface area contributed by atoms with Gasteiger partial charge in [-0.1, -0.05) is 32.9 Å². The Kier molecular flexibility index (Phi) is 50.0. The smallest absolute Gasteiger partial charge is 0.421 e. The molecule has 139 heavy (non-hydrogen) atoms. The summed E-state index contributed by atoms with van der Waals surface area (Å²) in [5, 5.41) is 212. The van der Waals surface area contributed by atoms with Crippen molar-refractivity contribution >= 4 is 181 Å². The Bertz CT molecular complexity index is 6510. The van der Waals surface area contributed by atoms with E-state index in [1.165, 1.54) is 72.8 Å². The SMILES string of the molecule is Cn1cc[n+](C)c1N=Nc1ccc(NCCNc2ccc(N=Nc3[nH]cc[n+]3C)cc2)cc1.N/C=N\N.N=CN=Nc1ccc(O)cc1.N=CN=Nc1ccc(O)cc1O.N=CN=Nc1ccc(O)cc1O.NNc1ncc([N+](=O)[O-])s1.O.O.O=C1C=CC(=NN=c2[n-]cc([N+](=O)[O-])s2)C(O)=C1.O=C1C=CC(=NN=c2[n-]cc([N+](=O)[O-])s2)C(O)=C1.O=[N+]([O-])c1cnc(N=Nc2ccc(O)cc2O)s1.[Co]. The van der Waals surface area contributed by atoms with E-state index in [1.807, 2.05) is 108 Å². The van der Waals surface area contributed by atoms with Crippen LogP contribution in [-0.4, -0.2) is 158 Å². The number of phenols is 7. The number of nitrogens with zero attached hydrogens (tertiary/aromatic N) is 28. The molecule has 2 aliphatic rings. The standard InChI is InChI=1S/C23H26N10.3C9H6N4O4S.2C7H7N3O2.C7H7N3O.C3H4N4O2S.CH5N3.Co.2H2O/c1-31-15-14-26-22(31)29-27-20-8-4-18(5-9-20)24-12-13-25-19-6-10-21(11-7-19)28-30-23-32(2)16-17-33(23)3;3*14-5-1-2-6(7(15)3-5)11-12-9-10-4-8(18-9)13(16)17;2*8-4-9-10-6-2-1-5(11)3-7(6)12;8-5-9-10-6-1-3-7(11)4-2-6;4-6-3-5-1-2(10-3)7(8)9;2-1-4-3;;;/h4-11,14-17H,12-13H2,1-3H3,(H,24,26,29);2*1-4H,(H2,10,12,14,15);1-4,14-15H;2*1-4,8,11-12H;1-5,8,11H;1H,4H2,(H,5,6);1H,3H2,(H2,2,4);;2*1H2. The van der Waals surface area contributed by atoms with Crippen molar-refractivity contribution in [3.8, 4) is 40.2 Å². The number of azo groups is 6. The maximum absolute atomic E-state index is 10.9. The van der Waals surface area contributed by atoms with E-state index in [2.05, 4.69) is 139 Å². The number of aliphatic hydroxyl groups is 2. The van der Waals surface area contributed by atoms with Crippen molar-refractivity contribution < 1.29 is 112 Å². The zero-order valence-electron chi connectivity index (χ0n) is 71.3. The molecule has 0 bridgehead atoms. The molecular formula is C75H78CoN38O21S4. The maximum atomic E-state index is 10.9. The minimum Gasteiger partial charge on any atom is -0.508 e. The van der Waals surface area contributed by atoms with Crippen LogP contribution in [0.15, 0.2) is 312 Å². The monoisotopic (exact) mass is 2030 g/mol. The van der Waals surface area contributed by atoms with Gasteiger partial charge in [0.1, 0.15) is 129 Å². The molecule has 0 saturated carbocycles. The van der Waals surface area contributed by atoms with Gasteiger partial charge in [-0.2, -0.15) is 5.10 Å². The number of ketones is 2. The molecule has 12 aromatic rings. The molecule has 0 unspecified atom stereocenters. The number of imidazole rings is 2. The molecule has 0 spiro atoms. The van der Waals surface area contributed by atoms with Gasteiger partial charge >= 0.3 is 31.9 Å². The molecule has 64 heteroatoms. The number of nitrogens with one attached hydrogen (secondary N) is 7. The number of hydrazine groups is 1. The minimum absolute atomic E-state index is 0. The molecule has 0 aliphatic heterocycles. The summed E-state index contributed by atoms with van der Waals surface area (Å²) in [6.07, 6.45) is 22.4. The predicted molar refractivity (Wildman–Crippen MR) is 502 cm³/mol. The number of phenolic OH excluding ortho intramolecular Hbond substituents is 7. The number of nitrogen functional groups attached to an aromatic ring is 1. The fourth-order valence-electron chi connectivity index (χ4n) is 8.76. The largest absolute Gasteiger partial charge is 0.508 e. The summed E-state index contributed by atoms with van der Waals surface area (Å²) < 4.78 is 5.72. The van der Waals surface area contributed by atoms with Crippen LogP contribution in [0.3, 0.4) is 0 Å². The number of aliphatic hydroxyl groups excluding tert-OH is 2. The molecule has 14 rings (SSSR count). The van der Waals surface area contributed by atoms with Crippen molar-refractivity contribution in [1.29, 1.82) is 16.2 Å². The average molecular weight is 2030 g/mol. The third kappa shape index (κ3) is 41.5. The van der Waals surface area contributed by atoms with E-state index in [4.69, 9.17) is 52.7 Å². The molecule has 1 radical (unpaired) electrons. The second-order valence-electron chi connectivity index (χ2n) is 24.4. The summed E-state index contributed by atoms with van der Waals surface area (Å²) in [6, 6.07) is 33.7. The molecule has 0 saturated heterocycles. The van der Waals surface area contributed by atoms with E-state index in [0.717, 1.165) is 168 Å². The van der Waals surface area contributed by atoms with Gasteiger partial charge in [-0.3, -0.25) is 81.9 Å². The minimum atomic E-state index is -0.583. The Balaban J connectivity index is 0.000000418. The van der Waals surface area contributed by atoms with Gasteiger partial charge in [-0.25, -0.2) is 34.5 Å². The summed E-state index contributed by atoms with van der Waals surface area (Å²) in [5.41, 5.74) is 11.9. The van der Waals surface area contributed by atoms with Crippen LogP contribution in [-0.2, 0) is 47.5 Å². The van der Waals surface area contributed by atoms with Crippen LogP contribution in [0.5, 0.6) is 40.2 Å². The fraction of sp³-hybridized carbons (Fsp3) is 0.0667. The number of hydrazone groups is 1. The van der Waals surface area contributed by atoms with E-state index >= 15 is 0 Å². The number of carbonyl (C=O) groups excluding carboxylic acids is 2. The van der Waals surface area contributed by atoms with Crippen LogP contribution < -0.4 is 62.2 Å². The van der Waals surface area contributed by atoms with Gasteiger partial charge in [0.15, 0.2) is 11.6 Å². The number of benzene rings is 6. The van der Waals surface area contributed by atoms with Crippen molar-refractivity contribution in [2.45, 2.75) is 0 Å². The van der Waals surface area contributed by atoms with E-state index in [9.17, 15) is 65.4 Å². The normalized spacial score (nSPS) is 12.4. The number of aromatic nitrogens is 8. The molecule has 0 amide bonds. The second-order valence-corrected chi connectivity index (χ2v) is 28.4. The summed E-state index contributed by atoms with van der Waals surface area (Å²) in [6.45, 7) is 1.56. The van der Waals surface area contributed by atoms with Gasteiger partial charge in [-0.15, -0.1) is 40.9 Å². The van der Waals surface area contributed by atoms with Crippen LogP contribution in [0.2, 0.25) is 0 Å². The quantitative estimate of drug-likeness (QED) is 0.00307. The number of hydrogen-bond donors (Lipinski definition) is 19. The molecule has 26 N–H and O–H groups in total. The number of aromatic hydroxyl groups is 7. The molecule has 6 heterocycles. The predicted octanol–water partition coefficient (Wildman–Crippen LogP) is 11.3. The van der Waals surface area contributed by atoms with Crippen molar-refractivity contribution in [3.05, 3.63) is 275 Å². The molecule has 59 nitrogen and oxygen atoms in total. The van der Waals surface area contributed by atoms with Gasteiger partial charge in [0, 0.05) is 104 Å². The molecule has 0 atom stereocenters. The number of allylic oxidation sites excluding steroid dienone is 6. The summed E-state index contributed by atoms with van der Waals surface area (Å²) in [7, 11) is 5.80. The number of thiazole rings is 4. The summed E-state index contributed by atoms with van der Waals surface area (Å²) in [5.74, 6) is 9.01. The number of nitrogens with two attached hydrogens (primary N) is 3. The zero-order valence-corrected chi connectivity index (χ0v) is 75.6. The first-order valence-electron chi connectivity index (χ1n) is 36.9. The Morgan fingerprint density at radius 1 is 0.504 bits per heavy atom. The molecule has 6 aromatic carbocycles. The van der Waals surface area contributed by atoms with Crippen LogP contribution in [0.25, 0.3) is 0 Å². The van der Waals surface area contributed by atoms with E-state index < -0.39 is 19.7 Å². The Labute approximate surface area is 804 Å². The fourth-order valence-corrected chi connectivity index (χ4v) is 11.0. The molecule has 727 valence electrons. The maximum Gasteiger partial charge on any atom is 0.421 e. The molecule has 2 aliphatic carbocycles. The average Bonchev–Trinajstić information content (AvgIpc) is 1.36. The van der Waals surface area contributed by atoms with Gasteiger partial charge in [0.25, 0.3) is 0 Å². The first kappa shape index (κ1) is 114. The van der Waals surface area contributed by atoms with Crippen molar-refractivity contribution in [2.24, 2.45) is 125 Å². The number of rotatable bonds is 24. The van der Waals surface area contributed by atoms with E-state index in [0.29, 0.717) is 16.8 Å². The van der Waals surface area contributed by atoms with Crippen LogP contribution in [0, 0.1) is 56.7 Å². The number of H-pyrrole nitrogens is 1. The van der Waals surface area contributed by atoms with Gasteiger partial charge in [-0.05, 0) is 156 Å². The van der Waals surface area contributed by atoms with E-state index in [-0.39, 0.29) is 154 Å². The van der Waals surface area contributed by atoms with E-state index in [1.54, 1.807) is 12.1 Å². The Hall–Kier alpha value is -19.0. The van der Waals surface area contributed by atoms with Gasteiger partial charge in [0.2, 0.25) is 10.3 Å². The van der Waals surface area contributed by atoms with Crippen LogP contribution in [0.1, 0.15) is 0 Å². The van der Waals surface area contributed by atoms with Crippen molar-refractivity contribution in [2.75, 3.05) is 29.1 Å². The number of anilines is 3. The zero-order chi connectivity index (χ0) is 99.4. The second kappa shape index (κ2) is 60.8.